The van der Waals surface area contributed by atoms with Crippen molar-refractivity contribution in [2.75, 3.05) is 30.4 Å². The number of para-hydroxylation sites is 2. The molecular formula is C24H24N2O6S. The van der Waals surface area contributed by atoms with Crippen LogP contribution in [0.5, 0.6) is 11.5 Å². The van der Waals surface area contributed by atoms with Gasteiger partial charge in [0.1, 0.15) is 18.0 Å². The van der Waals surface area contributed by atoms with Crippen LogP contribution in [-0.2, 0) is 14.8 Å². The number of nitrogens with one attached hydrogen (secondary N) is 1. The molecule has 9 heteroatoms. The van der Waals surface area contributed by atoms with Crippen molar-refractivity contribution < 1.29 is 27.5 Å². The molecule has 33 heavy (non-hydrogen) atoms. The van der Waals surface area contributed by atoms with Crippen LogP contribution in [0.1, 0.15) is 17.3 Å². The first kappa shape index (κ1) is 23.8. The number of carbonyl (C=O) groups is 2. The molecule has 0 saturated heterocycles. The molecule has 0 atom stereocenters. The lowest BCUT2D eigenvalue weighted by molar-refractivity contribution is -0.114. The average molecular weight is 469 g/mol. The summed E-state index contributed by atoms with van der Waals surface area (Å²) in [5.74, 6) is 0.0596. The summed E-state index contributed by atoms with van der Waals surface area (Å²) in [4.78, 5) is 24.5. The Morgan fingerprint density at radius 3 is 2.24 bits per heavy atom. The largest absolute Gasteiger partial charge is 0.497 e. The van der Waals surface area contributed by atoms with E-state index < -0.39 is 22.5 Å². The van der Waals surface area contributed by atoms with E-state index in [4.69, 9.17) is 9.47 Å². The maximum absolute atomic E-state index is 13.5. The highest BCUT2D eigenvalue weighted by Crippen LogP contribution is 2.32. The zero-order valence-corrected chi connectivity index (χ0v) is 19.3. The molecule has 1 N–H and O–H groups in total. The SMILES string of the molecule is COc1ccc(S(=O)(=O)N(CC(=O)Nc2cccc(C(C)=O)c2)c2ccccc2OC)cc1. The third-order valence-corrected chi connectivity index (χ3v) is 6.62. The van der Waals surface area contributed by atoms with E-state index in [0.29, 0.717) is 22.7 Å². The molecule has 0 aromatic heterocycles. The van der Waals surface area contributed by atoms with Crippen molar-refractivity contribution in [2.24, 2.45) is 0 Å². The van der Waals surface area contributed by atoms with Crippen molar-refractivity contribution in [2.45, 2.75) is 11.8 Å². The number of benzene rings is 3. The molecule has 3 aromatic rings. The summed E-state index contributed by atoms with van der Waals surface area (Å²) in [6.07, 6.45) is 0. The normalized spacial score (nSPS) is 10.9. The van der Waals surface area contributed by atoms with E-state index in [9.17, 15) is 18.0 Å². The van der Waals surface area contributed by atoms with E-state index in [2.05, 4.69) is 5.32 Å². The molecule has 0 heterocycles. The summed E-state index contributed by atoms with van der Waals surface area (Å²) in [7, 11) is -1.23. The zero-order chi connectivity index (χ0) is 24.0. The molecule has 1 amide bonds. The van der Waals surface area contributed by atoms with Crippen LogP contribution in [0.15, 0.2) is 77.7 Å². The first-order valence-corrected chi connectivity index (χ1v) is 11.4. The average Bonchev–Trinajstić information content (AvgIpc) is 2.82. The van der Waals surface area contributed by atoms with Crippen LogP contribution < -0.4 is 19.1 Å². The predicted octanol–water partition coefficient (Wildman–Crippen LogP) is 3.74. The topological polar surface area (TPSA) is 102 Å². The van der Waals surface area contributed by atoms with Crippen LogP contribution in [0.4, 0.5) is 11.4 Å². The third kappa shape index (κ3) is 5.50. The van der Waals surface area contributed by atoms with Gasteiger partial charge >= 0.3 is 0 Å². The van der Waals surface area contributed by atoms with Crippen molar-refractivity contribution in [3.05, 3.63) is 78.4 Å². The van der Waals surface area contributed by atoms with Crippen LogP contribution in [0.3, 0.4) is 0 Å². The molecule has 0 spiro atoms. The molecule has 0 bridgehead atoms. The fourth-order valence-electron chi connectivity index (χ4n) is 3.16. The second kappa shape index (κ2) is 10.2. The predicted molar refractivity (Wildman–Crippen MR) is 126 cm³/mol. The summed E-state index contributed by atoms with van der Waals surface area (Å²) in [5, 5.41) is 2.66. The van der Waals surface area contributed by atoms with E-state index in [1.165, 1.54) is 51.5 Å². The Hall–Kier alpha value is -3.85. The number of ketones is 1. The molecule has 0 saturated carbocycles. The van der Waals surface area contributed by atoms with Gasteiger partial charge in [-0.2, -0.15) is 0 Å². The molecule has 3 rings (SSSR count). The van der Waals surface area contributed by atoms with Gasteiger partial charge in [0.2, 0.25) is 5.91 Å². The fourth-order valence-corrected chi connectivity index (χ4v) is 4.59. The van der Waals surface area contributed by atoms with E-state index in [1.54, 1.807) is 42.5 Å². The molecule has 3 aromatic carbocycles. The number of amides is 1. The lowest BCUT2D eigenvalue weighted by atomic mass is 10.1. The maximum atomic E-state index is 13.5. The second-order valence-corrected chi connectivity index (χ2v) is 8.91. The van der Waals surface area contributed by atoms with Gasteiger partial charge in [-0.25, -0.2) is 8.42 Å². The Balaban J connectivity index is 1.97. The second-order valence-electron chi connectivity index (χ2n) is 7.04. The minimum Gasteiger partial charge on any atom is -0.497 e. The van der Waals surface area contributed by atoms with Gasteiger partial charge in [-0.15, -0.1) is 0 Å². The number of sulfonamides is 1. The quantitative estimate of drug-likeness (QED) is 0.480. The number of nitrogens with zero attached hydrogens (tertiary/aromatic N) is 1. The minimum atomic E-state index is -4.14. The monoisotopic (exact) mass is 468 g/mol. The minimum absolute atomic E-state index is 0.0133. The lowest BCUT2D eigenvalue weighted by Crippen LogP contribution is -2.38. The van der Waals surface area contributed by atoms with Gasteiger partial charge in [-0.05, 0) is 55.5 Å². The van der Waals surface area contributed by atoms with Gasteiger partial charge in [0.15, 0.2) is 5.78 Å². The fraction of sp³-hybridized carbons (Fsp3) is 0.167. The highest BCUT2D eigenvalue weighted by molar-refractivity contribution is 7.92. The summed E-state index contributed by atoms with van der Waals surface area (Å²) in [6.45, 7) is 0.908. The lowest BCUT2D eigenvalue weighted by Gasteiger charge is -2.25. The highest BCUT2D eigenvalue weighted by Gasteiger charge is 2.29. The van der Waals surface area contributed by atoms with Crippen molar-refractivity contribution in [3.63, 3.8) is 0 Å². The Morgan fingerprint density at radius 2 is 1.61 bits per heavy atom. The van der Waals surface area contributed by atoms with Crippen molar-refractivity contribution >= 4 is 33.1 Å². The van der Waals surface area contributed by atoms with Gasteiger partial charge in [0, 0.05) is 11.3 Å². The molecule has 0 aliphatic rings. The van der Waals surface area contributed by atoms with Crippen LogP contribution in [0.25, 0.3) is 0 Å². The Morgan fingerprint density at radius 1 is 0.909 bits per heavy atom. The van der Waals surface area contributed by atoms with Crippen LogP contribution in [0, 0.1) is 0 Å². The maximum Gasteiger partial charge on any atom is 0.264 e. The molecular weight excluding hydrogens is 444 g/mol. The number of hydrogen-bond acceptors (Lipinski definition) is 6. The highest BCUT2D eigenvalue weighted by atomic mass is 32.2. The zero-order valence-electron chi connectivity index (χ0n) is 18.4. The van der Waals surface area contributed by atoms with Gasteiger partial charge in [-0.3, -0.25) is 13.9 Å². The van der Waals surface area contributed by atoms with Gasteiger partial charge in [-0.1, -0.05) is 24.3 Å². The molecule has 0 radical (unpaired) electrons. The van der Waals surface area contributed by atoms with Crippen molar-refractivity contribution in [3.8, 4) is 11.5 Å². The number of hydrogen-bond donors (Lipinski definition) is 1. The van der Waals surface area contributed by atoms with Crippen LogP contribution in [0.2, 0.25) is 0 Å². The van der Waals surface area contributed by atoms with Gasteiger partial charge in [0.25, 0.3) is 10.0 Å². The summed E-state index contributed by atoms with van der Waals surface area (Å²) < 4.78 is 38.5. The molecule has 172 valence electrons. The number of carbonyl (C=O) groups excluding carboxylic acids is 2. The number of rotatable bonds is 9. The standard InChI is InChI=1S/C24H24N2O6S/c1-17(27)18-7-6-8-19(15-18)25-24(28)16-26(22-9-4-5-10-23(22)32-3)33(29,30)21-13-11-20(31-2)12-14-21/h4-15H,16H2,1-3H3,(H,25,28). The first-order chi connectivity index (χ1) is 15.8. The molecule has 0 unspecified atom stereocenters. The van der Waals surface area contributed by atoms with E-state index in [-0.39, 0.29) is 16.4 Å². The smallest absolute Gasteiger partial charge is 0.264 e. The van der Waals surface area contributed by atoms with E-state index in [1.807, 2.05) is 0 Å². The Labute approximate surface area is 192 Å². The molecule has 8 nitrogen and oxygen atoms in total. The van der Waals surface area contributed by atoms with E-state index in [0.717, 1.165) is 4.31 Å². The van der Waals surface area contributed by atoms with Crippen molar-refractivity contribution in [1.29, 1.82) is 0 Å². The molecule has 0 aliphatic carbocycles. The van der Waals surface area contributed by atoms with Gasteiger partial charge in [0.05, 0.1) is 24.8 Å². The number of methoxy groups -OCH3 is 2. The Bertz CT molecular complexity index is 1260. The number of Topliss-reactive ketones (excluding diaryl/α,β-unsaturated/α-hetero) is 1. The number of ether oxygens (including phenoxy) is 2. The van der Waals surface area contributed by atoms with Crippen LogP contribution >= 0.6 is 0 Å². The first-order valence-electron chi connectivity index (χ1n) is 9.97. The van der Waals surface area contributed by atoms with Crippen LogP contribution in [-0.4, -0.2) is 40.9 Å². The van der Waals surface area contributed by atoms with Crippen molar-refractivity contribution in [1.82, 2.24) is 0 Å². The summed E-state index contributed by atoms with van der Waals surface area (Å²) >= 11 is 0. The Kier molecular flexibility index (Phi) is 7.34. The summed E-state index contributed by atoms with van der Waals surface area (Å²) in [5.41, 5.74) is 1.03. The molecule has 0 fully saturated rings. The molecule has 0 aliphatic heterocycles. The van der Waals surface area contributed by atoms with E-state index >= 15 is 0 Å². The third-order valence-electron chi connectivity index (χ3n) is 4.84. The van der Waals surface area contributed by atoms with Gasteiger partial charge < -0.3 is 14.8 Å². The number of anilines is 2. The summed E-state index contributed by atoms with van der Waals surface area (Å²) in [6, 6.07) is 18.8.